The summed E-state index contributed by atoms with van der Waals surface area (Å²) >= 11 is 0. The van der Waals surface area contributed by atoms with Gasteiger partial charge in [0.05, 0.1) is 5.56 Å². The van der Waals surface area contributed by atoms with Crippen molar-refractivity contribution in [2.24, 2.45) is 0 Å². The molecule has 0 saturated heterocycles. The molecular weight excluding hydrogens is 269 g/mol. The van der Waals surface area contributed by atoms with E-state index in [1.54, 1.807) is 6.07 Å². The fourth-order valence-corrected chi connectivity index (χ4v) is 2.48. The summed E-state index contributed by atoms with van der Waals surface area (Å²) in [5.41, 5.74) is 2.86. The lowest BCUT2D eigenvalue weighted by molar-refractivity contribution is 0.0692. The first kappa shape index (κ1) is 13.6. The molecule has 2 N–H and O–H groups in total. The van der Waals surface area contributed by atoms with E-state index in [9.17, 15) is 9.18 Å². The first-order valence-corrected chi connectivity index (χ1v) is 6.99. The fraction of sp³-hybridized carbons (Fsp3) is 0.235. The average Bonchev–Trinajstić information content (AvgIpc) is 3.31. The molecule has 0 heterocycles. The molecule has 1 aliphatic rings. The summed E-state index contributed by atoms with van der Waals surface area (Å²) in [5.74, 6) is -1.31. The van der Waals surface area contributed by atoms with Crippen molar-refractivity contribution >= 4 is 11.7 Å². The molecule has 0 amide bonds. The van der Waals surface area contributed by atoms with E-state index in [2.05, 4.69) is 17.4 Å². The monoisotopic (exact) mass is 285 g/mol. The Hall–Kier alpha value is -2.36. The summed E-state index contributed by atoms with van der Waals surface area (Å²) in [4.78, 5) is 10.9. The maximum atomic E-state index is 13.4. The number of carboxylic acids is 1. The highest BCUT2D eigenvalue weighted by atomic mass is 19.1. The van der Waals surface area contributed by atoms with Gasteiger partial charge in [-0.25, -0.2) is 9.18 Å². The van der Waals surface area contributed by atoms with Gasteiger partial charge in [0.15, 0.2) is 0 Å². The lowest BCUT2D eigenvalue weighted by Gasteiger charge is -2.11. The third-order valence-electron chi connectivity index (χ3n) is 3.75. The molecule has 0 unspecified atom stereocenters. The van der Waals surface area contributed by atoms with Gasteiger partial charge in [-0.05, 0) is 48.1 Å². The molecule has 1 aliphatic carbocycles. The molecule has 0 aromatic heterocycles. The largest absolute Gasteiger partial charge is 0.478 e. The molecule has 3 rings (SSSR count). The summed E-state index contributed by atoms with van der Waals surface area (Å²) < 4.78 is 13.4. The molecule has 0 bridgehead atoms. The zero-order valence-electron chi connectivity index (χ0n) is 11.5. The third kappa shape index (κ3) is 3.05. The van der Waals surface area contributed by atoms with Gasteiger partial charge in [-0.3, -0.25) is 0 Å². The maximum Gasteiger partial charge on any atom is 0.338 e. The molecule has 1 saturated carbocycles. The summed E-state index contributed by atoms with van der Waals surface area (Å²) in [7, 11) is 0. The number of nitrogens with one attached hydrogen (secondary N) is 1. The number of carboxylic acid groups (broad SMARTS) is 1. The van der Waals surface area contributed by atoms with E-state index < -0.39 is 11.8 Å². The minimum absolute atomic E-state index is 0.310. The molecule has 0 radical (unpaired) electrons. The first-order chi connectivity index (χ1) is 10.1. The Balaban J connectivity index is 1.76. The van der Waals surface area contributed by atoms with Gasteiger partial charge in [0.1, 0.15) is 5.82 Å². The summed E-state index contributed by atoms with van der Waals surface area (Å²) in [6.45, 7) is 0.608. The second-order valence-corrected chi connectivity index (χ2v) is 5.33. The molecule has 0 aliphatic heterocycles. The van der Waals surface area contributed by atoms with Gasteiger partial charge >= 0.3 is 5.97 Å². The number of rotatable bonds is 5. The van der Waals surface area contributed by atoms with Crippen LogP contribution in [0.5, 0.6) is 0 Å². The van der Waals surface area contributed by atoms with E-state index in [0.717, 1.165) is 0 Å². The number of hydrogen-bond acceptors (Lipinski definition) is 2. The van der Waals surface area contributed by atoms with Crippen molar-refractivity contribution in [1.29, 1.82) is 0 Å². The molecule has 2 aromatic carbocycles. The molecule has 0 spiro atoms. The van der Waals surface area contributed by atoms with Crippen molar-refractivity contribution in [3.63, 3.8) is 0 Å². The van der Waals surface area contributed by atoms with E-state index in [0.29, 0.717) is 18.2 Å². The first-order valence-electron chi connectivity index (χ1n) is 6.99. The lowest BCUT2D eigenvalue weighted by atomic mass is 10.0. The Morgan fingerprint density at radius 1 is 1.24 bits per heavy atom. The predicted molar refractivity (Wildman–Crippen MR) is 79.1 cm³/mol. The van der Waals surface area contributed by atoms with Crippen LogP contribution in [0.1, 0.15) is 40.2 Å². The number of benzene rings is 2. The van der Waals surface area contributed by atoms with Gasteiger partial charge in [0.25, 0.3) is 0 Å². The molecule has 21 heavy (non-hydrogen) atoms. The van der Waals surface area contributed by atoms with Crippen LogP contribution >= 0.6 is 0 Å². The minimum atomic E-state index is -1.26. The summed E-state index contributed by atoms with van der Waals surface area (Å²) in [6, 6.07) is 12.3. The van der Waals surface area contributed by atoms with E-state index in [4.69, 9.17) is 5.11 Å². The number of halogens is 1. The van der Waals surface area contributed by atoms with Crippen molar-refractivity contribution in [2.75, 3.05) is 5.32 Å². The zero-order valence-corrected chi connectivity index (χ0v) is 11.5. The standard InChI is InChI=1S/C17H16FNO2/c18-16-8-7-13(9-15(16)17(20)21)19-10-12-3-1-2-4-14(12)11-5-6-11/h1-4,7-9,11,19H,5-6,10H2,(H,20,21). The average molecular weight is 285 g/mol. The SMILES string of the molecule is O=C(O)c1cc(NCc2ccccc2C2CC2)ccc1F. The third-order valence-corrected chi connectivity index (χ3v) is 3.75. The molecule has 4 heteroatoms. The van der Waals surface area contributed by atoms with Crippen LogP contribution in [0.15, 0.2) is 42.5 Å². The van der Waals surface area contributed by atoms with Gasteiger partial charge in [-0.1, -0.05) is 24.3 Å². The Labute approximate surface area is 122 Å². The molecule has 108 valence electrons. The van der Waals surface area contributed by atoms with Gasteiger partial charge in [-0.2, -0.15) is 0 Å². The topological polar surface area (TPSA) is 49.3 Å². The van der Waals surface area contributed by atoms with Crippen LogP contribution in [0, 0.1) is 5.82 Å². The van der Waals surface area contributed by atoms with Crippen molar-refractivity contribution in [2.45, 2.75) is 25.3 Å². The van der Waals surface area contributed by atoms with Crippen LogP contribution in [0.4, 0.5) is 10.1 Å². The van der Waals surface area contributed by atoms with E-state index >= 15 is 0 Å². The highest BCUT2D eigenvalue weighted by Crippen LogP contribution is 2.41. The second-order valence-electron chi connectivity index (χ2n) is 5.33. The van der Waals surface area contributed by atoms with Gasteiger partial charge in [-0.15, -0.1) is 0 Å². The molecule has 0 atom stereocenters. The highest BCUT2D eigenvalue weighted by Gasteiger charge is 2.25. The van der Waals surface area contributed by atoms with Crippen molar-refractivity contribution < 1.29 is 14.3 Å². The van der Waals surface area contributed by atoms with E-state index in [-0.39, 0.29) is 5.56 Å². The quantitative estimate of drug-likeness (QED) is 0.872. The summed E-state index contributed by atoms with van der Waals surface area (Å²) in [6.07, 6.45) is 2.47. The maximum absolute atomic E-state index is 13.4. The van der Waals surface area contributed by atoms with Crippen LogP contribution in [-0.4, -0.2) is 11.1 Å². The Morgan fingerprint density at radius 3 is 2.71 bits per heavy atom. The van der Waals surface area contributed by atoms with Gasteiger partial charge in [0, 0.05) is 12.2 Å². The number of anilines is 1. The normalized spacial score (nSPS) is 14.0. The number of aromatic carboxylic acids is 1. The van der Waals surface area contributed by atoms with E-state index in [1.807, 2.05) is 12.1 Å². The zero-order chi connectivity index (χ0) is 14.8. The molecular formula is C17H16FNO2. The molecule has 2 aromatic rings. The molecule has 3 nitrogen and oxygen atoms in total. The number of hydrogen-bond donors (Lipinski definition) is 2. The smallest absolute Gasteiger partial charge is 0.338 e. The van der Waals surface area contributed by atoms with Crippen LogP contribution in [0.25, 0.3) is 0 Å². The Morgan fingerprint density at radius 2 is 2.00 bits per heavy atom. The minimum Gasteiger partial charge on any atom is -0.478 e. The van der Waals surface area contributed by atoms with Crippen molar-refractivity contribution in [3.05, 3.63) is 65.0 Å². The van der Waals surface area contributed by atoms with Crippen LogP contribution < -0.4 is 5.32 Å². The van der Waals surface area contributed by atoms with E-state index in [1.165, 1.54) is 36.1 Å². The fourth-order valence-electron chi connectivity index (χ4n) is 2.48. The highest BCUT2D eigenvalue weighted by molar-refractivity contribution is 5.89. The molecule has 1 fully saturated rings. The Kier molecular flexibility index (Phi) is 3.60. The van der Waals surface area contributed by atoms with Crippen molar-refractivity contribution in [1.82, 2.24) is 0 Å². The lowest BCUT2D eigenvalue weighted by Crippen LogP contribution is -2.05. The predicted octanol–water partition coefficient (Wildman–Crippen LogP) is 4.01. The second kappa shape index (κ2) is 5.56. The van der Waals surface area contributed by atoms with Crippen LogP contribution in [-0.2, 0) is 6.54 Å². The number of carbonyl (C=O) groups is 1. The van der Waals surface area contributed by atoms with Crippen LogP contribution in [0.3, 0.4) is 0 Å². The Bertz CT molecular complexity index is 680. The van der Waals surface area contributed by atoms with Crippen LogP contribution in [0.2, 0.25) is 0 Å². The summed E-state index contributed by atoms with van der Waals surface area (Å²) in [5, 5.41) is 12.1. The van der Waals surface area contributed by atoms with Crippen molar-refractivity contribution in [3.8, 4) is 0 Å². The van der Waals surface area contributed by atoms with Gasteiger partial charge in [0.2, 0.25) is 0 Å². The van der Waals surface area contributed by atoms with Gasteiger partial charge < -0.3 is 10.4 Å².